The highest BCUT2D eigenvalue weighted by atomic mass is 16.1. The minimum atomic E-state index is -0.107. The van der Waals surface area contributed by atoms with Gasteiger partial charge in [-0.3, -0.25) is 4.79 Å². The molecular formula is C19H21N3O. The van der Waals surface area contributed by atoms with E-state index in [4.69, 9.17) is 0 Å². The van der Waals surface area contributed by atoms with E-state index < -0.39 is 0 Å². The zero-order chi connectivity index (χ0) is 16.6. The number of fused-ring (bicyclic) bond motifs is 1. The first-order valence-corrected chi connectivity index (χ1v) is 7.84. The lowest BCUT2D eigenvalue weighted by atomic mass is 10.1. The van der Waals surface area contributed by atoms with E-state index in [0.29, 0.717) is 5.56 Å². The topological polar surface area (TPSA) is 46.9 Å². The molecule has 0 aliphatic carbocycles. The van der Waals surface area contributed by atoms with Gasteiger partial charge in [-0.25, -0.2) is 4.98 Å². The molecule has 0 saturated carbocycles. The Hall–Kier alpha value is -2.62. The van der Waals surface area contributed by atoms with Gasteiger partial charge in [-0.2, -0.15) is 0 Å². The molecule has 1 heterocycles. The molecule has 23 heavy (non-hydrogen) atoms. The van der Waals surface area contributed by atoms with Gasteiger partial charge in [0.1, 0.15) is 5.82 Å². The Morgan fingerprint density at radius 3 is 2.74 bits per heavy atom. The highest BCUT2D eigenvalue weighted by Crippen LogP contribution is 2.21. The van der Waals surface area contributed by atoms with Crippen LogP contribution in [0.2, 0.25) is 0 Å². The molecule has 0 spiro atoms. The molecule has 1 N–H and O–H groups in total. The summed E-state index contributed by atoms with van der Waals surface area (Å²) in [6.07, 6.45) is 0.870. The monoisotopic (exact) mass is 307 g/mol. The summed E-state index contributed by atoms with van der Waals surface area (Å²) in [5.41, 5.74) is 5.64. The Labute approximate surface area is 136 Å². The summed E-state index contributed by atoms with van der Waals surface area (Å²) < 4.78 is 2.07. The van der Waals surface area contributed by atoms with Crippen LogP contribution < -0.4 is 5.32 Å². The Kier molecular flexibility index (Phi) is 3.90. The highest BCUT2D eigenvalue weighted by molar-refractivity contribution is 6.06. The molecule has 0 bridgehead atoms. The van der Waals surface area contributed by atoms with Crippen LogP contribution in [0.3, 0.4) is 0 Å². The van der Waals surface area contributed by atoms with E-state index >= 15 is 0 Å². The molecule has 1 amide bonds. The van der Waals surface area contributed by atoms with E-state index in [9.17, 15) is 4.79 Å². The number of aromatic nitrogens is 2. The van der Waals surface area contributed by atoms with E-state index in [1.807, 2.05) is 57.3 Å². The first-order valence-electron chi connectivity index (χ1n) is 7.84. The summed E-state index contributed by atoms with van der Waals surface area (Å²) in [7, 11) is 2.00. The van der Waals surface area contributed by atoms with E-state index in [0.717, 1.165) is 40.1 Å². The van der Waals surface area contributed by atoms with Crippen LogP contribution in [-0.2, 0) is 13.5 Å². The van der Waals surface area contributed by atoms with Gasteiger partial charge in [0.25, 0.3) is 5.91 Å². The van der Waals surface area contributed by atoms with E-state index in [2.05, 4.69) is 21.8 Å². The van der Waals surface area contributed by atoms with Crippen LogP contribution in [0.5, 0.6) is 0 Å². The fraction of sp³-hybridized carbons (Fsp3) is 0.263. The van der Waals surface area contributed by atoms with Crippen molar-refractivity contribution in [3.8, 4) is 0 Å². The molecule has 4 nitrogen and oxygen atoms in total. The van der Waals surface area contributed by atoms with Crippen molar-refractivity contribution in [2.75, 3.05) is 5.32 Å². The summed E-state index contributed by atoms with van der Waals surface area (Å²) in [5, 5.41) is 2.99. The number of anilines is 1. The van der Waals surface area contributed by atoms with Crippen molar-refractivity contribution in [1.29, 1.82) is 0 Å². The van der Waals surface area contributed by atoms with Gasteiger partial charge < -0.3 is 9.88 Å². The second-order valence-electron chi connectivity index (χ2n) is 5.85. The van der Waals surface area contributed by atoms with Gasteiger partial charge in [0.15, 0.2) is 0 Å². The van der Waals surface area contributed by atoms with Gasteiger partial charge in [0.2, 0.25) is 0 Å². The smallest absolute Gasteiger partial charge is 0.255 e. The molecule has 0 aliphatic rings. The largest absolute Gasteiger partial charge is 0.331 e. The SMILES string of the molecule is CCc1nc2cc(C(=O)Nc3cccc(C)c3C)ccc2n1C. The second kappa shape index (κ2) is 5.88. The quantitative estimate of drug-likeness (QED) is 0.795. The first kappa shape index (κ1) is 15.3. The molecule has 1 aromatic heterocycles. The Balaban J connectivity index is 1.93. The minimum Gasteiger partial charge on any atom is -0.331 e. The molecule has 0 radical (unpaired) electrons. The fourth-order valence-electron chi connectivity index (χ4n) is 2.79. The highest BCUT2D eigenvalue weighted by Gasteiger charge is 2.12. The van der Waals surface area contributed by atoms with E-state index in [1.165, 1.54) is 0 Å². The summed E-state index contributed by atoms with van der Waals surface area (Å²) >= 11 is 0. The zero-order valence-corrected chi connectivity index (χ0v) is 14.0. The van der Waals surface area contributed by atoms with Gasteiger partial charge in [0.05, 0.1) is 11.0 Å². The maximum atomic E-state index is 12.5. The summed E-state index contributed by atoms with van der Waals surface area (Å²) in [6, 6.07) is 11.6. The van der Waals surface area contributed by atoms with Gasteiger partial charge in [-0.15, -0.1) is 0 Å². The lowest BCUT2D eigenvalue weighted by Crippen LogP contribution is -2.13. The molecule has 0 aliphatic heterocycles. The van der Waals surface area contributed by atoms with Gasteiger partial charge in [0, 0.05) is 24.7 Å². The molecule has 0 fully saturated rings. The lowest BCUT2D eigenvalue weighted by Gasteiger charge is -2.10. The van der Waals surface area contributed by atoms with Crippen LogP contribution >= 0.6 is 0 Å². The van der Waals surface area contributed by atoms with Crippen molar-refractivity contribution in [3.05, 3.63) is 58.9 Å². The number of benzene rings is 2. The van der Waals surface area contributed by atoms with Crippen LogP contribution in [0.15, 0.2) is 36.4 Å². The number of nitrogens with one attached hydrogen (secondary N) is 1. The van der Waals surface area contributed by atoms with Crippen molar-refractivity contribution in [1.82, 2.24) is 9.55 Å². The minimum absolute atomic E-state index is 0.107. The van der Waals surface area contributed by atoms with Crippen molar-refractivity contribution in [2.24, 2.45) is 7.05 Å². The van der Waals surface area contributed by atoms with Crippen LogP contribution in [0.1, 0.15) is 34.2 Å². The summed E-state index contributed by atoms with van der Waals surface area (Å²) in [5.74, 6) is 0.913. The molecule has 118 valence electrons. The molecule has 3 rings (SSSR count). The predicted octanol–water partition coefficient (Wildman–Crippen LogP) is 4.00. The summed E-state index contributed by atoms with van der Waals surface area (Å²) in [6.45, 7) is 6.13. The second-order valence-corrected chi connectivity index (χ2v) is 5.85. The van der Waals surface area contributed by atoms with Crippen LogP contribution in [-0.4, -0.2) is 15.5 Å². The predicted molar refractivity (Wildman–Crippen MR) is 94.0 cm³/mol. The normalized spacial score (nSPS) is 11.0. The first-order chi connectivity index (χ1) is 11.0. The fourth-order valence-corrected chi connectivity index (χ4v) is 2.79. The lowest BCUT2D eigenvalue weighted by molar-refractivity contribution is 0.102. The van der Waals surface area contributed by atoms with Gasteiger partial charge in [-0.1, -0.05) is 19.1 Å². The molecule has 0 unspecified atom stereocenters. The standard InChI is InChI=1S/C19H21N3O/c1-5-18-20-16-11-14(9-10-17(16)22(18)4)19(23)21-15-8-6-7-12(2)13(15)3/h6-11H,5H2,1-4H3,(H,21,23). The number of hydrogen-bond acceptors (Lipinski definition) is 2. The third-order valence-corrected chi connectivity index (χ3v) is 4.40. The molecule has 4 heteroatoms. The van der Waals surface area contributed by atoms with Crippen molar-refractivity contribution in [2.45, 2.75) is 27.2 Å². The molecular weight excluding hydrogens is 286 g/mol. The maximum absolute atomic E-state index is 12.5. The zero-order valence-electron chi connectivity index (χ0n) is 14.0. The maximum Gasteiger partial charge on any atom is 0.255 e. The molecule has 2 aromatic carbocycles. The van der Waals surface area contributed by atoms with Crippen molar-refractivity contribution >= 4 is 22.6 Å². The molecule has 0 atom stereocenters. The van der Waals surface area contributed by atoms with Crippen LogP contribution in [0.25, 0.3) is 11.0 Å². The third-order valence-electron chi connectivity index (χ3n) is 4.40. The number of aryl methyl sites for hydroxylation is 3. The number of rotatable bonds is 3. The van der Waals surface area contributed by atoms with Gasteiger partial charge >= 0.3 is 0 Å². The number of hydrogen-bond donors (Lipinski definition) is 1. The third kappa shape index (κ3) is 2.72. The number of amides is 1. The van der Waals surface area contributed by atoms with Crippen LogP contribution in [0.4, 0.5) is 5.69 Å². The Morgan fingerprint density at radius 1 is 1.22 bits per heavy atom. The number of carbonyl (C=O) groups excluding carboxylic acids is 1. The number of carbonyl (C=O) groups is 1. The average Bonchev–Trinajstić information content (AvgIpc) is 2.87. The average molecular weight is 307 g/mol. The number of imidazole rings is 1. The van der Waals surface area contributed by atoms with Crippen molar-refractivity contribution < 1.29 is 4.79 Å². The van der Waals surface area contributed by atoms with Crippen molar-refractivity contribution in [3.63, 3.8) is 0 Å². The Bertz CT molecular complexity index is 893. The van der Waals surface area contributed by atoms with E-state index in [1.54, 1.807) is 0 Å². The molecule has 3 aromatic rings. The number of nitrogens with zero attached hydrogens (tertiary/aromatic N) is 2. The van der Waals surface area contributed by atoms with Crippen LogP contribution in [0, 0.1) is 13.8 Å². The summed E-state index contributed by atoms with van der Waals surface area (Å²) in [4.78, 5) is 17.1. The Morgan fingerprint density at radius 2 is 2.00 bits per heavy atom. The van der Waals surface area contributed by atoms with Gasteiger partial charge in [-0.05, 0) is 49.2 Å². The molecule has 0 saturated heterocycles. The van der Waals surface area contributed by atoms with E-state index in [-0.39, 0.29) is 5.91 Å².